The van der Waals surface area contributed by atoms with E-state index in [9.17, 15) is 8.42 Å². The minimum absolute atomic E-state index is 0.108. The van der Waals surface area contributed by atoms with Crippen LogP contribution in [0, 0.1) is 0 Å². The van der Waals surface area contributed by atoms with E-state index in [1.165, 1.54) is 4.31 Å². The Labute approximate surface area is 116 Å². The van der Waals surface area contributed by atoms with Gasteiger partial charge in [-0.15, -0.1) is 0 Å². The van der Waals surface area contributed by atoms with Crippen LogP contribution in [0.5, 0.6) is 0 Å². The summed E-state index contributed by atoms with van der Waals surface area (Å²) in [5.41, 5.74) is 0.563. The van der Waals surface area contributed by atoms with Crippen molar-refractivity contribution in [2.45, 2.75) is 5.75 Å². The molecule has 2 rings (SSSR count). The van der Waals surface area contributed by atoms with Gasteiger partial charge in [-0.3, -0.25) is 0 Å². The molecular weight excluding hydrogens is 297 g/mol. The molecule has 100 valence electrons. The van der Waals surface area contributed by atoms with E-state index in [1.807, 2.05) is 0 Å². The molecule has 0 radical (unpaired) electrons. The zero-order valence-electron chi connectivity index (χ0n) is 9.60. The minimum atomic E-state index is -3.35. The van der Waals surface area contributed by atoms with E-state index in [1.54, 1.807) is 18.2 Å². The fourth-order valence-corrected chi connectivity index (χ4v) is 3.84. The van der Waals surface area contributed by atoms with E-state index in [4.69, 9.17) is 27.9 Å². The van der Waals surface area contributed by atoms with Crippen molar-refractivity contribution in [2.75, 3.05) is 26.3 Å². The number of nitrogens with zero attached hydrogens (tertiary/aromatic N) is 1. The van der Waals surface area contributed by atoms with Gasteiger partial charge in [0.25, 0.3) is 0 Å². The smallest absolute Gasteiger partial charge is 0.218 e. The summed E-state index contributed by atoms with van der Waals surface area (Å²) in [5.74, 6) is -0.108. The first-order chi connectivity index (χ1) is 8.49. The van der Waals surface area contributed by atoms with Crippen LogP contribution < -0.4 is 0 Å². The highest BCUT2D eigenvalue weighted by molar-refractivity contribution is 7.88. The van der Waals surface area contributed by atoms with Gasteiger partial charge < -0.3 is 4.74 Å². The van der Waals surface area contributed by atoms with Crippen LogP contribution in [0.2, 0.25) is 10.0 Å². The molecule has 4 nitrogen and oxygen atoms in total. The zero-order chi connectivity index (χ0) is 13.2. The lowest BCUT2D eigenvalue weighted by Crippen LogP contribution is -2.41. The van der Waals surface area contributed by atoms with E-state index < -0.39 is 10.0 Å². The highest BCUT2D eigenvalue weighted by Crippen LogP contribution is 2.24. The summed E-state index contributed by atoms with van der Waals surface area (Å²) in [6.45, 7) is 1.67. The molecule has 0 unspecified atom stereocenters. The number of sulfonamides is 1. The van der Waals surface area contributed by atoms with Crippen LogP contribution in [0.1, 0.15) is 5.56 Å². The maximum atomic E-state index is 12.2. The van der Waals surface area contributed by atoms with E-state index in [2.05, 4.69) is 0 Å². The normalized spacial score (nSPS) is 17.9. The van der Waals surface area contributed by atoms with Crippen LogP contribution in [0.15, 0.2) is 18.2 Å². The minimum Gasteiger partial charge on any atom is -0.379 e. The third-order valence-electron chi connectivity index (χ3n) is 2.72. The Bertz CT molecular complexity index is 527. The highest BCUT2D eigenvalue weighted by atomic mass is 35.5. The lowest BCUT2D eigenvalue weighted by atomic mass is 10.2. The average molecular weight is 310 g/mol. The molecule has 0 atom stereocenters. The van der Waals surface area contributed by atoms with Crippen molar-refractivity contribution >= 4 is 33.2 Å². The summed E-state index contributed by atoms with van der Waals surface area (Å²) in [5, 5.41) is 0.867. The molecule has 7 heteroatoms. The second-order valence-electron chi connectivity index (χ2n) is 4.00. The lowest BCUT2D eigenvalue weighted by Gasteiger charge is -2.26. The number of rotatable bonds is 3. The molecule has 0 bridgehead atoms. The third-order valence-corrected chi connectivity index (χ3v) is 5.13. The van der Waals surface area contributed by atoms with Gasteiger partial charge in [-0.05, 0) is 17.7 Å². The van der Waals surface area contributed by atoms with E-state index >= 15 is 0 Å². The topological polar surface area (TPSA) is 46.6 Å². The van der Waals surface area contributed by atoms with Crippen molar-refractivity contribution in [2.24, 2.45) is 0 Å². The molecule has 0 amide bonds. The molecule has 1 aromatic carbocycles. The summed E-state index contributed by atoms with van der Waals surface area (Å²) in [4.78, 5) is 0. The molecule has 1 aromatic rings. The Balaban J connectivity index is 2.16. The predicted octanol–water partition coefficient (Wildman–Crippen LogP) is 2.16. The molecule has 0 N–H and O–H groups in total. The quantitative estimate of drug-likeness (QED) is 0.859. The fourth-order valence-electron chi connectivity index (χ4n) is 1.75. The van der Waals surface area contributed by atoms with Crippen LogP contribution in [0.25, 0.3) is 0 Å². The van der Waals surface area contributed by atoms with Crippen molar-refractivity contribution < 1.29 is 13.2 Å². The van der Waals surface area contributed by atoms with Gasteiger partial charge in [0, 0.05) is 23.1 Å². The maximum absolute atomic E-state index is 12.2. The van der Waals surface area contributed by atoms with Crippen molar-refractivity contribution in [3.05, 3.63) is 33.8 Å². The van der Waals surface area contributed by atoms with Crippen molar-refractivity contribution in [3.63, 3.8) is 0 Å². The molecule has 0 saturated carbocycles. The molecule has 0 aromatic heterocycles. The largest absolute Gasteiger partial charge is 0.379 e. The number of morpholine rings is 1. The molecule has 1 saturated heterocycles. The summed E-state index contributed by atoms with van der Waals surface area (Å²) in [6, 6.07) is 4.83. The maximum Gasteiger partial charge on any atom is 0.218 e. The molecule has 1 fully saturated rings. The number of halogens is 2. The van der Waals surface area contributed by atoms with Crippen LogP contribution in [-0.2, 0) is 20.5 Å². The Kier molecular flexibility index (Phi) is 4.50. The van der Waals surface area contributed by atoms with E-state index in [0.717, 1.165) is 0 Å². The first-order valence-corrected chi connectivity index (χ1v) is 7.85. The first kappa shape index (κ1) is 14.1. The average Bonchev–Trinajstić information content (AvgIpc) is 2.34. The number of benzene rings is 1. The Hall–Kier alpha value is -0.330. The number of hydrogen-bond donors (Lipinski definition) is 0. The van der Waals surface area contributed by atoms with Gasteiger partial charge in [0.15, 0.2) is 0 Å². The van der Waals surface area contributed by atoms with Crippen LogP contribution in [0.4, 0.5) is 0 Å². The van der Waals surface area contributed by atoms with Gasteiger partial charge in [0.1, 0.15) is 0 Å². The summed E-state index contributed by atoms with van der Waals surface area (Å²) in [7, 11) is -3.35. The fraction of sp³-hybridized carbons (Fsp3) is 0.455. The van der Waals surface area contributed by atoms with Crippen molar-refractivity contribution in [3.8, 4) is 0 Å². The van der Waals surface area contributed by atoms with Crippen LogP contribution in [0.3, 0.4) is 0 Å². The van der Waals surface area contributed by atoms with Crippen molar-refractivity contribution in [1.29, 1.82) is 0 Å². The number of ether oxygens (including phenoxy) is 1. The second kappa shape index (κ2) is 5.75. The van der Waals surface area contributed by atoms with Gasteiger partial charge in [-0.2, -0.15) is 4.31 Å². The molecule has 1 heterocycles. The SMILES string of the molecule is O=S(=O)(Cc1ccc(Cl)cc1Cl)N1CCOCC1. The summed E-state index contributed by atoms with van der Waals surface area (Å²) >= 11 is 11.8. The second-order valence-corrected chi connectivity index (χ2v) is 6.82. The van der Waals surface area contributed by atoms with Gasteiger partial charge in [0.05, 0.1) is 19.0 Å². The number of hydrogen-bond acceptors (Lipinski definition) is 3. The van der Waals surface area contributed by atoms with Gasteiger partial charge in [0.2, 0.25) is 10.0 Å². The predicted molar refractivity (Wildman–Crippen MR) is 71.5 cm³/mol. The highest BCUT2D eigenvalue weighted by Gasteiger charge is 2.25. The van der Waals surface area contributed by atoms with Crippen molar-refractivity contribution in [1.82, 2.24) is 4.31 Å². The molecule has 0 aliphatic carbocycles. The monoisotopic (exact) mass is 309 g/mol. The van der Waals surface area contributed by atoms with Crippen LogP contribution in [-0.4, -0.2) is 39.0 Å². The Morgan fingerprint density at radius 1 is 1.22 bits per heavy atom. The summed E-state index contributed by atoms with van der Waals surface area (Å²) < 4.78 is 30.9. The van der Waals surface area contributed by atoms with Gasteiger partial charge in [-0.25, -0.2) is 8.42 Å². The Morgan fingerprint density at radius 3 is 2.50 bits per heavy atom. The van der Waals surface area contributed by atoms with Gasteiger partial charge in [-0.1, -0.05) is 29.3 Å². The van der Waals surface area contributed by atoms with E-state index in [-0.39, 0.29) is 5.75 Å². The van der Waals surface area contributed by atoms with E-state index in [0.29, 0.717) is 41.9 Å². The lowest BCUT2D eigenvalue weighted by molar-refractivity contribution is 0.0729. The molecule has 0 spiro atoms. The molecule has 1 aliphatic heterocycles. The first-order valence-electron chi connectivity index (χ1n) is 5.48. The molecular formula is C11H13Cl2NO3S. The van der Waals surface area contributed by atoms with Gasteiger partial charge >= 0.3 is 0 Å². The molecule has 18 heavy (non-hydrogen) atoms. The Morgan fingerprint density at radius 2 is 1.89 bits per heavy atom. The summed E-state index contributed by atoms with van der Waals surface area (Å²) in [6.07, 6.45) is 0. The zero-order valence-corrected chi connectivity index (χ0v) is 11.9. The standard InChI is InChI=1S/C11H13Cl2NO3S/c12-10-2-1-9(11(13)7-10)8-18(15,16)14-3-5-17-6-4-14/h1-2,7H,3-6,8H2. The van der Waals surface area contributed by atoms with Crippen LogP contribution >= 0.6 is 23.2 Å². The molecule has 1 aliphatic rings. The third kappa shape index (κ3) is 3.36.